The summed E-state index contributed by atoms with van der Waals surface area (Å²) in [6.45, 7) is 0.270. The van der Waals surface area contributed by atoms with E-state index in [2.05, 4.69) is 22.6 Å². The Balaban J connectivity index is 2.00. The number of aliphatic hydroxyl groups excluding tert-OH is 1. The third kappa shape index (κ3) is 4.99. The van der Waals surface area contributed by atoms with Gasteiger partial charge >= 0.3 is 0 Å². The van der Waals surface area contributed by atoms with Crippen molar-refractivity contribution in [1.29, 1.82) is 0 Å². The maximum absolute atomic E-state index is 12.0. The quantitative estimate of drug-likeness (QED) is 0.465. The van der Waals surface area contributed by atoms with Crippen LogP contribution in [0.2, 0.25) is 0 Å². The van der Waals surface area contributed by atoms with Crippen molar-refractivity contribution in [3.05, 3.63) is 69.3 Å². The van der Waals surface area contributed by atoms with E-state index in [9.17, 15) is 4.79 Å². The summed E-state index contributed by atoms with van der Waals surface area (Å²) in [7, 11) is 0. The number of ether oxygens (including phenoxy) is 1. The molecule has 0 atom stereocenters. The van der Waals surface area contributed by atoms with Crippen molar-refractivity contribution in [2.24, 2.45) is 0 Å². The molecule has 0 aliphatic carbocycles. The molecule has 0 heterocycles. The highest BCUT2D eigenvalue weighted by Gasteiger charge is 2.01. The van der Waals surface area contributed by atoms with Crippen molar-refractivity contribution in [3.63, 3.8) is 0 Å². The zero-order chi connectivity index (χ0) is 15.1. The minimum Gasteiger partial charge on any atom is -0.491 e. The summed E-state index contributed by atoms with van der Waals surface area (Å²) >= 11 is 2.21. The summed E-state index contributed by atoms with van der Waals surface area (Å²) in [4.78, 5) is 12.0. The monoisotopic (exact) mass is 392 g/mol. The first-order valence-corrected chi connectivity index (χ1v) is 7.58. The van der Waals surface area contributed by atoms with Gasteiger partial charge in [-0.05, 0) is 58.5 Å². The van der Waals surface area contributed by atoms with Gasteiger partial charge in [0.05, 0.1) is 6.61 Å². The summed E-state index contributed by atoms with van der Waals surface area (Å²) in [5.74, 6) is 0.678. The number of carbonyl (C=O) groups excluding carboxylic acids is 1. The lowest BCUT2D eigenvalue weighted by molar-refractivity contribution is 0.104. The van der Waals surface area contributed by atoms with E-state index in [1.54, 1.807) is 12.2 Å². The average molecular weight is 392 g/mol. The number of hydrogen-bond acceptors (Lipinski definition) is 3. The van der Waals surface area contributed by atoms with Crippen LogP contribution in [0, 0.1) is 3.57 Å². The van der Waals surface area contributed by atoms with Crippen LogP contribution < -0.4 is 4.74 Å². The molecule has 0 aliphatic rings. The molecule has 0 aliphatic heterocycles. The Morgan fingerprint density at radius 2 is 1.76 bits per heavy atom. The van der Waals surface area contributed by atoms with E-state index in [1.807, 2.05) is 48.5 Å². The molecule has 0 spiro atoms. The van der Waals surface area contributed by atoms with Gasteiger partial charge in [0.2, 0.25) is 0 Å². The molecule has 0 saturated heterocycles. The Kier molecular flexibility index (Phi) is 5.95. The van der Waals surface area contributed by atoms with Crippen LogP contribution >= 0.6 is 22.6 Å². The second-order valence-electron chi connectivity index (χ2n) is 4.35. The first-order valence-electron chi connectivity index (χ1n) is 6.51. The first kappa shape index (κ1) is 15.7. The third-order valence-corrected chi connectivity index (χ3v) is 3.52. The second-order valence-corrected chi connectivity index (χ2v) is 5.59. The van der Waals surface area contributed by atoms with Crippen LogP contribution in [-0.4, -0.2) is 24.1 Å². The maximum Gasteiger partial charge on any atom is 0.185 e. The summed E-state index contributed by atoms with van der Waals surface area (Å²) < 4.78 is 6.38. The summed E-state index contributed by atoms with van der Waals surface area (Å²) in [6, 6.07) is 14.8. The van der Waals surface area contributed by atoms with Crippen molar-refractivity contribution in [2.45, 2.75) is 0 Å². The number of allylic oxidation sites excluding steroid dienone is 1. The molecule has 0 radical (unpaired) electrons. The van der Waals surface area contributed by atoms with Gasteiger partial charge < -0.3 is 9.84 Å². The van der Waals surface area contributed by atoms with Crippen molar-refractivity contribution in [1.82, 2.24) is 0 Å². The smallest absolute Gasteiger partial charge is 0.185 e. The highest BCUT2D eigenvalue weighted by Crippen LogP contribution is 2.14. The minimum atomic E-state index is -0.0213. The first-order chi connectivity index (χ1) is 10.2. The van der Waals surface area contributed by atoms with E-state index in [0.717, 1.165) is 9.13 Å². The second kappa shape index (κ2) is 7.95. The molecule has 0 unspecified atom stereocenters. The standard InChI is InChI=1S/C17H15IO3/c18-15-6-4-14(5-7-15)17(20)10-3-13-1-8-16(9-2-13)21-12-11-19/h1-10,19H,11-12H2/b10-3+/i18-2. The number of rotatable bonds is 6. The fraction of sp³-hybridized carbons (Fsp3) is 0.118. The molecule has 2 aromatic rings. The SMILES string of the molecule is O=C(/C=C/c1ccc(OCCO)cc1)c1ccc([125I])cc1. The lowest BCUT2D eigenvalue weighted by atomic mass is 10.1. The Morgan fingerprint density at radius 3 is 2.38 bits per heavy atom. The van der Waals surface area contributed by atoms with E-state index in [1.165, 1.54) is 0 Å². The molecule has 3 nitrogen and oxygen atoms in total. The Hall–Kier alpha value is -1.66. The fourth-order valence-electron chi connectivity index (χ4n) is 1.72. The van der Waals surface area contributed by atoms with Gasteiger partial charge in [-0.25, -0.2) is 0 Å². The van der Waals surface area contributed by atoms with E-state index >= 15 is 0 Å². The molecule has 2 rings (SSSR count). The molecule has 0 saturated carbocycles. The molecular formula is C17H15IO3. The Bertz CT molecular complexity index is 615. The fourth-order valence-corrected chi connectivity index (χ4v) is 2.08. The summed E-state index contributed by atoms with van der Waals surface area (Å²) in [6.07, 6.45) is 3.34. The molecule has 21 heavy (non-hydrogen) atoms. The van der Waals surface area contributed by atoms with Crippen molar-refractivity contribution < 1.29 is 14.6 Å². The summed E-state index contributed by atoms with van der Waals surface area (Å²) in [5, 5.41) is 8.68. The van der Waals surface area contributed by atoms with Gasteiger partial charge in [-0.3, -0.25) is 4.79 Å². The van der Waals surface area contributed by atoms with Gasteiger partial charge in [0.15, 0.2) is 5.78 Å². The normalized spacial score (nSPS) is 10.8. The van der Waals surface area contributed by atoms with Crippen LogP contribution in [0.25, 0.3) is 6.08 Å². The number of ketones is 1. The van der Waals surface area contributed by atoms with Crippen molar-refractivity contribution in [3.8, 4) is 5.75 Å². The van der Waals surface area contributed by atoms with Gasteiger partial charge in [0.25, 0.3) is 0 Å². The molecule has 0 aromatic heterocycles. The van der Waals surface area contributed by atoms with Crippen molar-refractivity contribution >= 4 is 34.5 Å². The molecule has 4 heteroatoms. The lowest BCUT2D eigenvalue weighted by Crippen LogP contribution is -2.01. The van der Waals surface area contributed by atoms with Crippen LogP contribution in [-0.2, 0) is 0 Å². The van der Waals surface area contributed by atoms with Crippen molar-refractivity contribution in [2.75, 3.05) is 13.2 Å². The van der Waals surface area contributed by atoms with Crippen LogP contribution in [0.15, 0.2) is 54.6 Å². The van der Waals surface area contributed by atoms with Crippen LogP contribution in [0.4, 0.5) is 0 Å². The average Bonchev–Trinajstić information content (AvgIpc) is 2.52. The maximum atomic E-state index is 12.0. The van der Waals surface area contributed by atoms with Gasteiger partial charge in [-0.2, -0.15) is 0 Å². The van der Waals surface area contributed by atoms with Gasteiger partial charge in [-0.1, -0.05) is 30.3 Å². The molecule has 1 N–H and O–H groups in total. The predicted molar refractivity (Wildman–Crippen MR) is 91.5 cm³/mol. The zero-order valence-electron chi connectivity index (χ0n) is 11.3. The largest absolute Gasteiger partial charge is 0.491 e. The minimum absolute atomic E-state index is 0.00777. The van der Waals surface area contributed by atoms with Gasteiger partial charge in [-0.15, -0.1) is 0 Å². The number of benzene rings is 2. The topological polar surface area (TPSA) is 46.5 Å². The lowest BCUT2D eigenvalue weighted by Gasteiger charge is -2.03. The van der Waals surface area contributed by atoms with E-state index in [4.69, 9.17) is 9.84 Å². The van der Waals surface area contributed by atoms with Crippen LogP contribution in [0.1, 0.15) is 15.9 Å². The van der Waals surface area contributed by atoms with Crippen LogP contribution in [0.3, 0.4) is 0 Å². The van der Waals surface area contributed by atoms with E-state index in [0.29, 0.717) is 11.3 Å². The van der Waals surface area contributed by atoms with E-state index in [-0.39, 0.29) is 19.0 Å². The number of carbonyl (C=O) groups is 1. The molecular weight excluding hydrogens is 377 g/mol. The van der Waals surface area contributed by atoms with Gasteiger partial charge in [0, 0.05) is 9.13 Å². The Morgan fingerprint density at radius 1 is 1.10 bits per heavy atom. The predicted octanol–water partition coefficient (Wildman–Crippen LogP) is 3.56. The molecule has 108 valence electrons. The number of halogens is 1. The molecule has 0 bridgehead atoms. The zero-order valence-corrected chi connectivity index (χ0v) is 13.5. The van der Waals surface area contributed by atoms with E-state index < -0.39 is 0 Å². The summed E-state index contributed by atoms with van der Waals surface area (Å²) in [5.41, 5.74) is 1.60. The van der Waals surface area contributed by atoms with Crippen LogP contribution in [0.5, 0.6) is 5.75 Å². The number of hydrogen-bond donors (Lipinski definition) is 1. The highest BCUT2D eigenvalue weighted by atomic mass is 125. The molecule has 2 aromatic carbocycles. The third-order valence-electron chi connectivity index (χ3n) is 2.80. The van der Waals surface area contributed by atoms with Gasteiger partial charge in [0.1, 0.15) is 12.4 Å². The Labute approximate surface area is 137 Å². The molecule has 0 fully saturated rings. The molecule has 0 amide bonds. The highest BCUT2D eigenvalue weighted by molar-refractivity contribution is 14.1. The number of aliphatic hydroxyl groups is 1.